The first-order chi connectivity index (χ1) is 10.0. The van der Waals surface area contributed by atoms with Crippen molar-refractivity contribution in [3.63, 3.8) is 0 Å². The average Bonchev–Trinajstić information content (AvgIpc) is 2.49. The van der Waals surface area contributed by atoms with Gasteiger partial charge >= 0.3 is 0 Å². The van der Waals surface area contributed by atoms with E-state index in [2.05, 4.69) is 44.3 Å². The Labute approximate surface area is 126 Å². The molecule has 0 bridgehead atoms. The zero-order valence-electron chi connectivity index (χ0n) is 13.4. The maximum absolute atomic E-state index is 5.46. The molecule has 0 saturated heterocycles. The number of hydrogen-bond donors (Lipinski definition) is 1. The predicted octanol–water partition coefficient (Wildman–Crippen LogP) is 4.49. The average molecular weight is 285 g/mol. The molecule has 21 heavy (non-hydrogen) atoms. The van der Waals surface area contributed by atoms with Crippen LogP contribution in [-0.4, -0.2) is 14.2 Å². The third-order valence-electron chi connectivity index (χ3n) is 3.66. The van der Waals surface area contributed by atoms with Gasteiger partial charge in [0.2, 0.25) is 0 Å². The monoisotopic (exact) mass is 285 g/mol. The van der Waals surface area contributed by atoms with Crippen LogP contribution >= 0.6 is 0 Å². The normalized spacial score (nSPS) is 11.9. The van der Waals surface area contributed by atoms with Crippen LogP contribution in [0.15, 0.2) is 36.4 Å². The highest BCUT2D eigenvalue weighted by Crippen LogP contribution is 2.32. The molecular weight excluding hydrogens is 262 g/mol. The smallest absolute Gasteiger partial charge is 0.124 e. The van der Waals surface area contributed by atoms with Crippen LogP contribution < -0.4 is 14.8 Å². The van der Waals surface area contributed by atoms with Crippen LogP contribution in [0.1, 0.15) is 29.7 Å². The zero-order chi connectivity index (χ0) is 15.4. The maximum atomic E-state index is 5.46. The topological polar surface area (TPSA) is 30.5 Å². The Morgan fingerprint density at radius 3 is 2.33 bits per heavy atom. The van der Waals surface area contributed by atoms with Crippen LogP contribution in [0.25, 0.3) is 0 Å². The van der Waals surface area contributed by atoms with Crippen LogP contribution in [0.2, 0.25) is 0 Å². The van der Waals surface area contributed by atoms with Crippen LogP contribution in [0.3, 0.4) is 0 Å². The fourth-order valence-electron chi connectivity index (χ4n) is 2.46. The van der Waals surface area contributed by atoms with Gasteiger partial charge in [0.1, 0.15) is 11.5 Å². The molecular formula is C18H23NO2. The molecule has 0 saturated carbocycles. The van der Waals surface area contributed by atoms with E-state index in [1.165, 1.54) is 11.1 Å². The fourth-order valence-corrected chi connectivity index (χ4v) is 2.46. The Hall–Kier alpha value is -2.16. The highest BCUT2D eigenvalue weighted by Gasteiger charge is 2.13. The molecule has 0 aromatic heterocycles. The Morgan fingerprint density at radius 1 is 0.952 bits per heavy atom. The van der Waals surface area contributed by atoms with Crippen molar-refractivity contribution in [1.82, 2.24) is 0 Å². The van der Waals surface area contributed by atoms with E-state index in [1.54, 1.807) is 14.2 Å². The van der Waals surface area contributed by atoms with Gasteiger partial charge in [-0.05, 0) is 50.6 Å². The summed E-state index contributed by atoms with van der Waals surface area (Å²) < 4.78 is 10.8. The molecule has 112 valence electrons. The minimum Gasteiger partial charge on any atom is -0.497 e. The molecule has 0 radical (unpaired) electrons. The Balaban J connectivity index is 2.28. The van der Waals surface area contributed by atoms with E-state index >= 15 is 0 Å². The largest absolute Gasteiger partial charge is 0.497 e. The van der Waals surface area contributed by atoms with Crippen molar-refractivity contribution >= 4 is 5.69 Å². The maximum Gasteiger partial charge on any atom is 0.124 e. The molecule has 1 unspecified atom stereocenters. The van der Waals surface area contributed by atoms with E-state index in [9.17, 15) is 0 Å². The summed E-state index contributed by atoms with van der Waals surface area (Å²) >= 11 is 0. The van der Waals surface area contributed by atoms with Gasteiger partial charge in [-0.15, -0.1) is 0 Å². The van der Waals surface area contributed by atoms with Gasteiger partial charge in [-0.25, -0.2) is 0 Å². The Kier molecular flexibility index (Phi) is 4.73. The summed E-state index contributed by atoms with van der Waals surface area (Å²) in [6.45, 7) is 6.34. The van der Waals surface area contributed by atoms with Gasteiger partial charge < -0.3 is 14.8 Å². The third-order valence-corrected chi connectivity index (χ3v) is 3.66. The van der Waals surface area contributed by atoms with Crippen molar-refractivity contribution in [2.24, 2.45) is 0 Å². The summed E-state index contributed by atoms with van der Waals surface area (Å²) in [5.74, 6) is 1.70. The second-order valence-electron chi connectivity index (χ2n) is 5.29. The summed E-state index contributed by atoms with van der Waals surface area (Å²) in [4.78, 5) is 0. The van der Waals surface area contributed by atoms with E-state index in [4.69, 9.17) is 9.47 Å². The predicted molar refractivity (Wildman–Crippen MR) is 87.5 cm³/mol. The molecule has 0 spiro atoms. The van der Waals surface area contributed by atoms with Crippen LogP contribution in [0.4, 0.5) is 5.69 Å². The van der Waals surface area contributed by atoms with E-state index in [0.717, 1.165) is 22.7 Å². The van der Waals surface area contributed by atoms with Crippen molar-refractivity contribution in [2.45, 2.75) is 26.8 Å². The molecule has 0 fully saturated rings. The summed E-state index contributed by atoms with van der Waals surface area (Å²) in [7, 11) is 3.36. The molecule has 0 heterocycles. The molecule has 3 heteroatoms. The minimum absolute atomic E-state index is 0.122. The molecule has 1 N–H and O–H groups in total. The number of methoxy groups -OCH3 is 2. The quantitative estimate of drug-likeness (QED) is 0.877. The lowest BCUT2D eigenvalue weighted by molar-refractivity contribution is 0.397. The number of rotatable bonds is 5. The van der Waals surface area contributed by atoms with Crippen LogP contribution in [0, 0.1) is 13.8 Å². The Bertz CT molecular complexity index is 623. The molecule has 1 atom stereocenters. The number of ether oxygens (including phenoxy) is 2. The van der Waals surface area contributed by atoms with Gasteiger partial charge in [-0.1, -0.05) is 17.7 Å². The second kappa shape index (κ2) is 6.53. The van der Waals surface area contributed by atoms with E-state index in [0.29, 0.717) is 0 Å². The Morgan fingerprint density at radius 2 is 1.71 bits per heavy atom. The highest BCUT2D eigenvalue weighted by atomic mass is 16.5. The number of aryl methyl sites for hydroxylation is 2. The number of anilines is 1. The molecule has 2 aromatic carbocycles. The van der Waals surface area contributed by atoms with Crippen molar-refractivity contribution < 1.29 is 9.47 Å². The first kappa shape index (κ1) is 15.2. The molecule has 0 amide bonds. The van der Waals surface area contributed by atoms with Gasteiger partial charge in [-0.2, -0.15) is 0 Å². The van der Waals surface area contributed by atoms with Gasteiger partial charge in [0.25, 0.3) is 0 Å². The lowest BCUT2D eigenvalue weighted by Gasteiger charge is -2.20. The van der Waals surface area contributed by atoms with Crippen molar-refractivity contribution in [2.75, 3.05) is 19.5 Å². The first-order valence-electron chi connectivity index (χ1n) is 7.11. The second-order valence-corrected chi connectivity index (χ2v) is 5.29. The molecule has 2 aromatic rings. The summed E-state index contributed by atoms with van der Waals surface area (Å²) in [5, 5.41) is 3.54. The zero-order valence-corrected chi connectivity index (χ0v) is 13.4. The standard InChI is InChI=1S/C18H23NO2/c1-12-6-8-17(13(2)10-12)19-14(3)16-11-15(20-4)7-9-18(16)21-5/h6-11,14,19H,1-5H3. The summed E-state index contributed by atoms with van der Waals surface area (Å²) in [6, 6.07) is 12.4. The van der Waals surface area contributed by atoms with Crippen molar-refractivity contribution in [1.29, 1.82) is 0 Å². The minimum atomic E-state index is 0.122. The number of nitrogens with one attached hydrogen (secondary N) is 1. The van der Waals surface area contributed by atoms with Gasteiger partial charge in [0, 0.05) is 11.3 Å². The number of hydrogen-bond acceptors (Lipinski definition) is 3. The third kappa shape index (κ3) is 3.48. The van der Waals surface area contributed by atoms with Crippen LogP contribution in [-0.2, 0) is 0 Å². The lowest BCUT2D eigenvalue weighted by atomic mass is 10.0. The van der Waals surface area contributed by atoms with Gasteiger partial charge in [0.15, 0.2) is 0 Å². The van der Waals surface area contributed by atoms with E-state index in [-0.39, 0.29) is 6.04 Å². The molecule has 2 rings (SSSR count). The molecule has 3 nitrogen and oxygen atoms in total. The highest BCUT2D eigenvalue weighted by molar-refractivity contribution is 5.54. The molecule has 0 aliphatic carbocycles. The molecule has 0 aliphatic heterocycles. The van der Waals surface area contributed by atoms with E-state index < -0.39 is 0 Å². The lowest BCUT2D eigenvalue weighted by Crippen LogP contribution is -2.09. The van der Waals surface area contributed by atoms with Gasteiger partial charge in [-0.3, -0.25) is 0 Å². The first-order valence-corrected chi connectivity index (χ1v) is 7.11. The SMILES string of the molecule is COc1ccc(OC)c(C(C)Nc2ccc(C)cc2C)c1. The van der Waals surface area contributed by atoms with E-state index in [1.807, 2.05) is 18.2 Å². The van der Waals surface area contributed by atoms with Gasteiger partial charge in [0.05, 0.1) is 20.3 Å². The van der Waals surface area contributed by atoms with Crippen molar-refractivity contribution in [3.8, 4) is 11.5 Å². The summed E-state index contributed by atoms with van der Waals surface area (Å²) in [6.07, 6.45) is 0. The summed E-state index contributed by atoms with van der Waals surface area (Å²) in [5.41, 5.74) is 4.73. The fraction of sp³-hybridized carbons (Fsp3) is 0.333. The van der Waals surface area contributed by atoms with Crippen molar-refractivity contribution in [3.05, 3.63) is 53.1 Å². The molecule has 0 aliphatic rings. The number of benzene rings is 2. The van der Waals surface area contributed by atoms with Crippen LogP contribution in [0.5, 0.6) is 11.5 Å².